The van der Waals surface area contributed by atoms with Gasteiger partial charge in [-0.3, -0.25) is 0 Å². The largest absolute Gasteiger partial charge is 0.371 e. The number of rotatable bonds is 2. The standard InChI is InChI=1S/C14H18ClN3/c1-10(17)12-3-2-6-18(9-12)13-5-4-11(8-16)14(15)7-13/h4-5,7,10,12H,2-3,6,9,17H2,1H3. The normalized spacial score (nSPS) is 21.4. The summed E-state index contributed by atoms with van der Waals surface area (Å²) in [6.07, 6.45) is 2.35. The van der Waals surface area contributed by atoms with Crippen LogP contribution in [0.1, 0.15) is 25.3 Å². The molecule has 2 N–H and O–H groups in total. The summed E-state index contributed by atoms with van der Waals surface area (Å²) in [6, 6.07) is 7.94. The Labute approximate surface area is 113 Å². The van der Waals surface area contributed by atoms with Gasteiger partial charge in [0.15, 0.2) is 0 Å². The Morgan fingerprint density at radius 2 is 2.33 bits per heavy atom. The Morgan fingerprint density at radius 3 is 2.94 bits per heavy atom. The maximum absolute atomic E-state index is 8.87. The molecular formula is C14H18ClN3. The van der Waals surface area contributed by atoms with Gasteiger partial charge < -0.3 is 10.6 Å². The van der Waals surface area contributed by atoms with Crippen molar-refractivity contribution in [3.63, 3.8) is 0 Å². The first-order valence-electron chi connectivity index (χ1n) is 6.32. The van der Waals surface area contributed by atoms with Crippen molar-refractivity contribution >= 4 is 17.3 Å². The fraction of sp³-hybridized carbons (Fsp3) is 0.500. The lowest BCUT2D eigenvalue weighted by molar-refractivity contribution is 0.364. The molecule has 1 fully saturated rings. The zero-order valence-electron chi connectivity index (χ0n) is 10.6. The van der Waals surface area contributed by atoms with E-state index in [2.05, 4.69) is 17.9 Å². The number of nitriles is 1. The lowest BCUT2D eigenvalue weighted by Gasteiger charge is -2.36. The van der Waals surface area contributed by atoms with Gasteiger partial charge in [0.05, 0.1) is 10.6 Å². The molecule has 0 amide bonds. The van der Waals surface area contributed by atoms with Crippen LogP contribution < -0.4 is 10.6 Å². The Balaban J connectivity index is 2.16. The molecule has 1 saturated heterocycles. The summed E-state index contributed by atoms with van der Waals surface area (Å²) >= 11 is 6.07. The van der Waals surface area contributed by atoms with Crippen molar-refractivity contribution in [2.24, 2.45) is 11.7 Å². The molecular weight excluding hydrogens is 246 g/mol. The Hall–Kier alpha value is -1.24. The lowest BCUT2D eigenvalue weighted by atomic mass is 9.92. The van der Waals surface area contributed by atoms with E-state index in [0.29, 0.717) is 16.5 Å². The summed E-state index contributed by atoms with van der Waals surface area (Å²) in [5, 5.41) is 9.40. The minimum Gasteiger partial charge on any atom is -0.371 e. The molecule has 1 aliphatic rings. The van der Waals surface area contributed by atoms with E-state index in [-0.39, 0.29) is 6.04 Å². The lowest BCUT2D eigenvalue weighted by Crippen LogP contribution is -2.42. The first kappa shape index (κ1) is 13.2. The quantitative estimate of drug-likeness (QED) is 0.893. The SMILES string of the molecule is CC(N)C1CCCN(c2ccc(C#N)c(Cl)c2)C1. The second kappa shape index (κ2) is 5.60. The van der Waals surface area contributed by atoms with Crippen LogP contribution in [0.3, 0.4) is 0 Å². The summed E-state index contributed by atoms with van der Waals surface area (Å²) in [7, 11) is 0. The van der Waals surface area contributed by atoms with E-state index in [1.54, 1.807) is 6.07 Å². The summed E-state index contributed by atoms with van der Waals surface area (Å²) in [5.74, 6) is 0.535. The topological polar surface area (TPSA) is 53.0 Å². The van der Waals surface area contributed by atoms with E-state index in [9.17, 15) is 0 Å². The molecule has 1 aromatic carbocycles. The zero-order chi connectivity index (χ0) is 13.1. The van der Waals surface area contributed by atoms with Gasteiger partial charge in [-0.05, 0) is 43.9 Å². The molecule has 0 spiro atoms. The van der Waals surface area contributed by atoms with Crippen LogP contribution in [-0.4, -0.2) is 19.1 Å². The third-order valence-corrected chi connectivity index (χ3v) is 3.95. The van der Waals surface area contributed by atoms with Crippen LogP contribution in [0.4, 0.5) is 5.69 Å². The molecule has 2 atom stereocenters. The first-order valence-corrected chi connectivity index (χ1v) is 6.70. The molecule has 1 aliphatic heterocycles. The number of nitrogens with two attached hydrogens (primary N) is 1. The predicted octanol–water partition coefficient (Wildman–Crippen LogP) is 2.78. The van der Waals surface area contributed by atoms with Crippen LogP contribution in [0.15, 0.2) is 18.2 Å². The third kappa shape index (κ3) is 2.77. The molecule has 96 valence electrons. The van der Waals surface area contributed by atoms with Crippen molar-refractivity contribution in [2.45, 2.75) is 25.8 Å². The highest BCUT2D eigenvalue weighted by atomic mass is 35.5. The number of nitrogens with zero attached hydrogens (tertiary/aromatic N) is 2. The molecule has 3 nitrogen and oxygen atoms in total. The summed E-state index contributed by atoms with van der Waals surface area (Å²) in [4.78, 5) is 2.31. The fourth-order valence-electron chi connectivity index (χ4n) is 2.47. The van der Waals surface area contributed by atoms with Crippen molar-refractivity contribution in [3.8, 4) is 6.07 Å². The fourth-order valence-corrected chi connectivity index (χ4v) is 2.68. The number of piperidine rings is 1. The van der Waals surface area contributed by atoms with Crippen LogP contribution in [0.5, 0.6) is 0 Å². The van der Waals surface area contributed by atoms with Crippen molar-refractivity contribution < 1.29 is 0 Å². The van der Waals surface area contributed by atoms with Crippen LogP contribution in [-0.2, 0) is 0 Å². The van der Waals surface area contributed by atoms with E-state index < -0.39 is 0 Å². The van der Waals surface area contributed by atoms with Crippen LogP contribution in [0.25, 0.3) is 0 Å². The molecule has 1 aromatic rings. The van der Waals surface area contributed by atoms with Crippen molar-refractivity contribution in [1.29, 1.82) is 5.26 Å². The number of hydrogen-bond donors (Lipinski definition) is 1. The average Bonchev–Trinajstić information content (AvgIpc) is 2.38. The minimum absolute atomic E-state index is 0.224. The molecule has 2 rings (SSSR count). The van der Waals surface area contributed by atoms with Crippen molar-refractivity contribution in [1.82, 2.24) is 0 Å². The maximum Gasteiger partial charge on any atom is 0.101 e. The predicted molar refractivity (Wildman–Crippen MR) is 74.8 cm³/mol. The Bertz CT molecular complexity index is 465. The van der Waals surface area contributed by atoms with Gasteiger partial charge in [0, 0.05) is 24.8 Å². The van der Waals surface area contributed by atoms with E-state index in [0.717, 1.165) is 25.2 Å². The number of anilines is 1. The zero-order valence-corrected chi connectivity index (χ0v) is 11.3. The second-order valence-electron chi connectivity index (χ2n) is 4.98. The molecule has 18 heavy (non-hydrogen) atoms. The molecule has 2 unspecified atom stereocenters. The van der Waals surface area contributed by atoms with Crippen molar-refractivity contribution in [2.75, 3.05) is 18.0 Å². The summed E-state index contributed by atoms with van der Waals surface area (Å²) in [5.41, 5.74) is 7.60. The van der Waals surface area contributed by atoms with Gasteiger partial charge in [-0.1, -0.05) is 11.6 Å². The molecule has 0 aromatic heterocycles. The number of hydrogen-bond acceptors (Lipinski definition) is 3. The van der Waals surface area contributed by atoms with E-state index in [4.69, 9.17) is 22.6 Å². The highest BCUT2D eigenvalue weighted by Crippen LogP contribution is 2.28. The Kier molecular flexibility index (Phi) is 4.11. The molecule has 0 bridgehead atoms. The van der Waals surface area contributed by atoms with Crippen molar-refractivity contribution in [3.05, 3.63) is 28.8 Å². The smallest absolute Gasteiger partial charge is 0.101 e. The molecule has 0 saturated carbocycles. The highest BCUT2D eigenvalue weighted by molar-refractivity contribution is 6.32. The minimum atomic E-state index is 0.224. The highest BCUT2D eigenvalue weighted by Gasteiger charge is 2.23. The van der Waals surface area contributed by atoms with Crippen LogP contribution in [0.2, 0.25) is 5.02 Å². The van der Waals surface area contributed by atoms with Gasteiger partial charge >= 0.3 is 0 Å². The second-order valence-corrected chi connectivity index (χ2v) is 5.39. The third-order valence-electron chi connectivity index (χ3n) is 3.64. The Morgan fingerprint density at radius 1 is 1.56 bits per heavy atom. The molecule has 0 radical (unpaired) electrons. The number of benzene rings is 1. The summed E-state index contributed by atoms with van der Waals surface area (Å²) < 4.78 is 0. The average molecular weight is 264 g/mol. The maximum atomic E-state index is 8.87. The van der Waals surface area contributed by atoms with Gasteiger partial charge in [0.25, 0.3) is 0 Å². The monoisotopic (exact) mass is 263 g/mol. The van der Waals surface area contributed by atoms with Crippen LogP contribution >= 0.6 is 11.6 Å². The molecule has 0 aliphatic carbocycles. The number of halogens is 1. The van der Waals surface area contributed by atoms with Gasteiger partial charge in [0.1, 0.15) is 6.07 Å². The molecule has 4 heteroatoms. The van der Waals surface area contributed by atoms with Crippen LogP contribution in [0, 0.1) is 17.2 Å². The first-order chi connectivity index (χ1) is 8.61. The van der Waals surface area contributed by atoms with Gasteiger partial charge in [-0.15, -0.1) is 0 Å². The van der Waals surface area contributed by atoms with Gasteiger partial charge in [0.2, 0.25) is 0 Å². The summed E-state index contributed by atoms with van der Waals surface area (Å²) in [6.45, 7) is 4.07. The van der Waals surface area contributed by atoms with E-state index >= 15 is 0 Å². The van der Waals surface area contributed by atoms with E-state index in [1.165, 1.54) is 6.42 Å². The van der Waals surface area contributed by atoms with E-state index in [1.807, 2.05) is 12.1 Å². The molecule has 1 heterocycles. The van der Waals surface area contributed by atoms with Gasteiger partial charge in [-0.25, -0.2) is 0 Å². The van der Waals surface area contributed by atoms with Gasteiger partial charge in [-0.2, -0.15) is 5.26 Å².